The number of hydrogen-bond donors (Lipinski definition) is 0. The smallest absolute Gasteiger partial charge is 0.265 e. The van der Waals surface area contributed by atoms with Gasteiger partial charge >= 0.3 is 18.0 Å². The highest BCUT2D eigenvalue weighted by Gasteiger charge is 2.64. The lowest BCUT2D eigenvalue weighted by Gasteiger charge is -2.17. The van der Waals surface area contributed by atoms with Crippen molar-refractivity contribution in [3.05, 3.63) is 18.0 Å². The van der Waals surface area contributed by atoms with Crippen LogP contribution in [0.3, 0.4) is 0 Å². The van der Waals surface area contributed by atoms with Crippen LogP contribution in [0.4, 0.5) is 22.0 Å². The van der Waals surface area contributed by atoms with E-state index in [1.165, 1.54) is 6.92 Å². The molecule has 1 heterocycles. The summed E-state index contributed by atoms with van der Waals surface area (Å²) >= 11 is 0. The molecule has 0 bridgehead atoms. The van der Waals surface area contributed by atoms with E-state index in [0.29, 0.717) is 5.56 Å². The Bertz CT molecular complexity index is 381. The van der Waals surface area contributed by atoms with E-state index in [-0.39, 0.29) is 4.68 Å². The Morgan fingerprint density at radius 3 is 2.20 bits per heavy atom. The van der Waals surface area contributed by atoms with E-state index >= 15 is 0 Å². The highest BCUT2D eigenvalue weighted by molar-refractivity contribution is 5.85. The number of aryl methyl sites for hydroxylation is 1. The summed E-state index contributed by atoms with van der Waals surface area (Å²) in [5, 5.41) is 3.08. The van der Waals surface area contributed by atoms with Crippen LogP contribution in [0.25, 0.3) is 0 Å². The van der Waals surface area contributed by atoms with E-state index in [4.69, 9.17) is 0 Å². The number of alkyl halides is 5. The Morgan fingerprint density at radius 2 is 1.87 bits per heavy atom. The molecule has 0 unspecified atom stereocenters. The summed E-state index contributed by atoms with van der Waals surface area (Å²) in [5.41, 5.74) is 0.307. The quantitative estimate of drug-likeness (QED) is 0.689. The van der Waals surface area contributed by atoms with Gasteiger partial charge in [-0.05, 0) is 12.5 Å². The maximum absolute atomic E-state index is 12.5. The zero-order chi connectivity index (χ0) is 11.9. The first kappa shape index (κ1) is 11.6. The van der Waals surface area contributed by atoms with Crippen molar-refractivity contribution in [2.45, 2.75) is 19.0 Å². The van der Waals surface area contributed by atoms with E-state index in [1.54, 1.807) is 0 Å². The molecular weight excluding hydrogens is 223 g/mol. The molecule has 0 aliphatic carbocycles. The third-order valence-electron chi connectivity index (χ3n) is 1.54. The van der Waals surface area contributed by atoms with E-state index in [1.807, 2.05) is 0 Å². The predicted molar refractivity (Wildman–Crippen MR) is 38.6 cm³/mol. The van der Waals surface area contributed by atoms with Gasteiger partial charge in [-0.1, -0.05) is 0 Å². The molecule has 0 aromatic carbocycles. The number of nitrogens with zero attached hydrogens (tertiary/aromatic N) is 2. The number of aromatic nitrogens is 2. The van der Waals surface area contributed by atoms with Gasteiger partial charge in [-0.3, -0.25) is 4.79 Å². The second-order valence-corrected chi connectivity index (χ2v) is 2.84. The van der Waals surface area contributed by atoms with Crippen LogP contribution < -0.4 is 0 Å². The SMILES string of the molecule is Cc1cnn(C(=O)C(F)(F)C(F)(F)F)c1. The fraction of sp³-hybridized carbons (Fsp3) is 0.429. The minimum Gasteiger partial charge on any atom is -0.265 e. The lowest BCUT2D eigenvalue weighted by molar-refractivity contribution is -0.258. The number of carbonyl (C=O) groups excluding carboxylic acids is 1. The third kappa shape index (κ3) is 1.97. The zero-order valence-electron chi connectivity index (χ0n) is 7.35. The maximum atomic E-state index is 12.5. The van der Waals surface area contributed by atoms with E-state index < -0.39 is 18.0 Å². The van der Waals surface area contributed by atoms with Gasteiger partial charge in [-0.15, -0.1) is 0 Å². The third-order valence-corrected chi connectivity index (χ3v) is 1.54. The van der Waals surface area contributed by atoms with Crippen LogP contribution in [0.1, 0.15) is 10.4 Å². The zero-order valence-corrected chi connectivity index (χ0v) is 7.35. The predicted octanol–water partition coefficient (Wildman–Crippen LogP) is 2.03. The number of rotatable bonds is 1. The minimum absolute atomic E-state index is 0.0250. The molecule has 3 nitrogen and oxygen atoms in total. The second kappa shape index (κ2) is 3.28. The number of hydrogen-bond acceptors (Lipinski definition) is 2. The molecule has 1 aromatic heterocycles. The number of halogens is 5. The van der Waals surface area contributed by atoms with Gasteiger partial charge in [-0.25, -0.2) is 4.68 Å². The fourth-order valence-electron chi connectivity index (χ4n) is 0.789. The topological polar surface area (TPSA) is 34.9 Å². The molecule has 0 fully saturated rings. The summed E-state index contributed by atoms with van der Waals surface area (Å²) in [6, 6.07) is 0. The van der Waals surface area contributed by atoms with Crippen molar-refractivity contribution in [1.82, 2.24) is 9.78 Å². The summed E-state index contributed by atoms with van der Waals surface area (Å²) in [6.45, 7) is 1.41. The standard InChI is InChI=1S/C7H5F5N2O/c1-4-2-13-14(3-4)5(15)6(8,9)7(10,11)12/h2-3H,1H3. The Labute approximate surface area is 80.5 Å². The van der Waals surface area contributed by atoms with Crippen LogP contribution in [0.5, 0.6) is 0 Å². The van der Waals surface area contributed by atoms with Gasteiger partial charge in [0.2, 0.25) is 0 Å². The molecule has 0 saturated carbocycles. The molecule has 0 aliphatic heterocycles. The van der Waals surface area contributed by atoms with Crippen molar-refractivity contribution in [3.63, 3.8) is 0 Å². The maximum Gasteiger partial charge on any atom is 0.463 e. The number of carbonyl (C=O) groups is 1. The van der Waals surface area contributed by atoms with Crippen LogP contribution >= 0.6 is 0 Å². The molecule has 15 heavy (non-hydrogen) atoms. The monoisotopic (exact) mass is 228 g/mol. The van der Waals surface area contributed by atoms with E-state index in [0.717, 1.165) is 12.4 Å². The summed E-state index contributed by atoms with van der Waals surface area (Å²) in [5.74, 6) is -7.84. The van der Waals surface area contributed by atoms with Crippen molar-refractivity contribution in [1.29, 1.82) is 0 Å². The van der Waals surface area contributed by atoms with Crippen LogP contribution in [-0.2, 0) is 0 Å². The van der Waals surface area contributed by atoms with Crippen LogP contribution in [0.15, 0.2) is 12.4 Å². The van der Waals surface area contributed by atoms with Gasteiger partial charge < -0.3 is 0 Å². The van der Waals surface area contributed by atoms with Crippen molar-refractivity contribution in [2.24, 2.45) is 0 Å². The van der Waals surface area contributed by atoms with E-state index in [2.05, 4.69) is 5.10 Å². The first-order valence-corrected chi connectivity index (χ1v) is 3.67. The average Bonchev–Trinajstić information content (AvgIpc) is 2.48. The van der Waals surface area contributed by atoms with Crippen molar-refractivity contribution >= 4 is 5.91 Å². The Morgan fingerprint density at radius 1 is 1.33 bits per heavy atom. The molecular formula is C7H5F5N2O. The van der Waals surface area contributed by atoms with Crippen LogP contribution in [0, 0.1) is 6.92 Å². The van der Waals surface area contributed by atoms with Crippen LogP contribution in [0.2, 0.25) is 0 Å². The summed E-state index contributed by atoms with van der Waals surface area (Å²) in [6.07, 6.45) is -4.11. The molecule has 0 aliphatic rings. The Kier molecular flexibility index (Phi) is 2.54. The molecule has 84 valence electrons. The first-order valence-electron chi connectivity index (χ1n) is 3.67. The normalized spacial score (nSPS) is 12.9. The lowest BCUT2D eigenvalue weighted by Crippen LogP contribution is -2.46. The van der Waals surface area contributed by atoms with Gasteiger partial charge in [0.25, 0.3) is 0 Å². The summed E-state index contributed by atoms with van der Waals surface area (Å²) < 4.78 is 60.2. The lowest BCUT2D eigenvalue weighted by atomic mass is 10.3. The highest BCUT2D eigenvalue weighted by Crippen LogP contribution is 2.36. The largest absolute Gasteiger partial charge is 0.463 e. The van der Waals surface area contributed by atoms with Crippen molar-refractivity contribution in [2.75, 3.05) is 0 Å². The molecule has 0 atom stereocenters. The van der Waals surface area contributed by atoms with Gasteiger partial charge in [0.1, 0.15) is 0 Å². The second-order valence-electron chi connectivity index (χ2n) is 2.84. The summed E-state index contributed by atoms with van der Waals surface area (Å²) in [7, 11) is 0. The Balaban J connectivity index is 3.05. The van der Waals surface area contributed by atoms with Gasteiger partial charge in [0, 0.05) is 6.20 Å². The van der Waals surface area contributed by atoms with Gasteiger partial charge in [-0.2, -0.15) is 27.1 Å². The molecule has 0 N–H and O–H groups in total. The molecule has 8 heteroatoms. The first-order chi connectivity index (χ1) is 6.66. The van der Waals surface area contributed by atoms with E-state index in [9.17, 15) is 26.7 Å². The average molecular weight is 228 g/mol. The Hall–Kier alpha value is -1.47. The van der Waals surface area contributed by atoms with Crippen LogP contribution in [-0.4, -0.2) is 27.8 Å². The van der Waals surface area contributed by atoms with Crippen molar-refractivity contribution in [3.8, 4) is 0 Å². The molecule has 0 spiro atoms. The molecule has 0 radical (unpaired) electrons. The molecule has 1 rings (SSSR count). The molecule has 0 amide bonds. The van der Waals surface area contributed by atoms with Gasteiger partial charge in [0.15, 0.2) is 0 Å². The fourth-order valence-corrected chi connectivity index (χ4v) is 0.789. The summed E-state index contributed by atoms with van der Waals surface area (Å²) in [4.78, 5) is 10.8. The molecule has 1 aromatic rings. The van der Waals surface area contributed by atoms with Crippen molar-refractivity contribution < 1.29 is 26.7 Å². The molecule has 0 saturated heterocycles. The minimum atomic E-state index is -5.91. The van der Waals surface area contributed by atoms with Gasteiger partial charge in [0.05, 0.1) is 6.20 Å². The highest BCUT2D eigenvalue weighted by atomic mass is 19.4.